The van der Waals surface area contributed by atoms with E-state index in [0.29, 0.717) is 35.5 Å². The van der Waals surface area contributed by atoms with E-state index < -0.39 is 0 Å². The Hall–Kier alpha value is -2.87. The Labute approximate surface area is 209 Å². The molecule has 3 aromatic rings. The number of nitrogens with one attached hydrogen (secondary N) is 1. The van der Waals surface area contributed by atoms with Crippen LogP contribution in [0.5, 0.6) is 0 Å². The minimum absolute atomic E-state index is 0.264. The highest BCUT2D eigenvalue weighted by Crippen LogP contribution is 2.48. The van der Waals surface area contributed by atoms with Gasteiger partial charge in [0.1, 0.15) is 29.4 Å². The fourth-order valence-corrected chi connectivity index (χ4v) is 6.21. The van der Waals surface area contributed by atoms with Crippen molar-refractivity contribution in [1.29, 1.82) is 0 Å². The fraction of sp³-hybridized carbons (Fsp3) is 0.444. The molecule has 0 saturated heterocycles. The molecule has 1 atom stereocenters. The first kappa shape index (κ1) is 23.9. The molecule has 35 heavy (non-hydrogen) atoms. The standard InChI is InChI=1S/C27H32FN5OS/c1-17(2)6-5-11-27(13-23(27)34)15-35-32-22-10-9-18(12-21(22)28)20-14-33(19-7-3-4-8-19)26-24(20)25(29)30-16-31-26/h6,9-10,12,14,16,19,32H,3-5,7-8,11,13,15H2,1-2H3,(H2,29,30,31). The van der Waals surface area contributed by atoms with Gasteiger partial charge in [0.25, 0.3) is 0 Å². The third-order valence-corrected chi connectivity index (χ3v) is 8.37. The zero-order valence-corrected chi connectivity index (χ0v) is 21.1. The van der Waals surface area contributed by atoms with Gasteiger partial charge in [-0.3, -0.25) is 4.79 Å². The van der Waals surface area contributed by atoms with E-state index in [1.54, 1.807) is 6.07 Å². The Morgan fingerprint density at radius 2 is 2.09 bits per heavy atom. The van der Waals surface area contributed by atoms with Crippen LogP contribution in [0.2, 0.25) is 0 Å². The minimum Gasteiger partial charge on any atom is -0.383 e. The van der Waals surface area contributed by atoms with Crippen molar-refractivity contribution >= 4 is 40.3 Å². The molecule has 6 nitrogen and oxygen atoms in total. The maximum atomic E-state index is 15.1. The third kappa shape index (κ3) is 4.81. The van der Waals surface area contributed by atoms with Crippen molar-refractivity contribution in [1.82, 2.24) is 14.5 Å². The van der Waals surface area contributed by atoms with Gasteiger partial charge in [-0.05, 0) is 57.2 Å². The smallest absolute Gasteiger partial charge is 0.147 e. The van der Waals surface area contributed by atoms with Crippen molar-refractivity contribution in [2.24, 2.45) is 5.41 Å². The summed E-state index contributed by atoms with van der Waals surface area (Å²) in [5.41, 5.74) is 10.1. The number of hydrogen-bond donors (Lipinski definition) is 2. The van der Waals surface area contributed by atoms with Crippen molar-refractivity contribution in [2.75, 3.05) is 16.2 Å². The summed E-state index contributed by atoms with van der Waals surface area (Å²) >= 11 is 1.40. The van der Waals surface area contributed by atoms with E-state index in [1.807, 2.05) is 6.07 Å². The van der Waals surface area contributed by atoms with Gasteiger partial charge >= 0.3 is 0 Å². The molecule has 1 aromatic carbocycles. The predicted molar refractivity (Wildman–Crippen MR) is 142 cm³/mol. The normalized spacial score (nSPS) is 19.9. The van der Waals surface area contributed by atoms with Crippen LogP contribution in [0, 0.1) is 11.2 Å². The Bertz CT molecular complexity index is 1290. The van der Waals surface area contributed by atoms with E-state index >= 15 is 4.39 Å². The van der Waals surface area contributed by atoms with Gasteiger partial charge in [-0.1, -0.05) is 42.5 Å². The number of anilines is 2. The molecule has 2 heterocycles. The number of ketones is 1. The lowest BCUT2D eigenvalue weighted by atomic mass is 10.0. The van der Waals surface area contributed by atoms with Gasteiger partial charge < -0.3 is 15.0 Å². The zero-order valence-electron chi connectivity index (χ0n) is 20.3. The Balaban J connectivity index is 1.33. The minimum atomic E-state index is -0.340. The lowest BCUT2D eigenvalue weighted by molar-refractivity contribution is -0.112. The first-order valence-corrected chi connectivity index (χ1v) is 13.3. The average Bonchev–Trinajstić information content (AvgIpc) is 3.19. The maximum Gasteiger partial charge on any atom is 0.147 e. The Morgan fingerprint density at radius 1 is 1.31 bits per heavy atom. The number of carbonyl (C=O) groups excluding carboxylic acids is 1. The van der Waals surface area contributed by atoms with E-state index in [2.05, 4.69) is 45.4 Å². The summed E-state index contributed by atoms with van der Waals surface area (Å²) in [4.78, 5) is 20.8. The van der Waals surface area contributed by atoms with Gasteiger partial charge in [-0.15, -0.1) is 0 Å². The van der Waals surface area contributed by atoms with Crippen molar-refractivity contribution in [3.05, 3.63) is 48.2 Å². The molecular weight excluding hydrogens is 461 g/mol. The van der Waals surface area contributed by atoms with Crippen LogP contribution in [-0.4, -0.2) is 26.1 Å². The van der Waals surface area contributed by atoms with Crippen molar-refractivity contribution in [3.63, 3.8) is 0 Å². The van der Waals surface area contributed by atoms with Gasteiger partial charge in [0.05, 0.1) is 11.1 Å². The monoisotopic (exact) mass is 493 g/mol. The number of benzene rings is 1. The number of halogens is 1. The number of fused-ring (bicyclic) bond motifs is 1. The zero-order chi connectivity index (χ0) is 24.6. The molecule has 0 amide bonds. The second-order valence-corrected chi connectivity index (χ2v) is 10.9. The van der Waals surface area contributed by atoms with Gasteiger partial charge in [0, 0.05) is 35.4 Å². The van der Waals surface area contributed by atoms with Crippen LogP contribution in [0.25, 0.3) is 22.2 Å². The molecule has 2 saturated carbocycles. The van der Waals surface area contributed by atoms with E-state index in [9.17, 15) is 4.79 Å². The van der Waals surface area contributed by atoms with Crippen LogP contribution in [0.3, 0.4) is 0 Å². The molecular formula is C27H32FN5OS. The molecule has 5 rings (SSSR count). The summed E-state index contributed by atoms with van der Waals surface area (Å²) in [5.74, 6) is 1.02. The van der Waals surface area contributed by atoms with Crippen molar-refractivity contribution in [2.45, 2.75) is 64.8 Å². The summed E-state index contributed by atoms with van der Waals surface area (Å²) in [7, 11) is 0. The van der Waals surface area contributed by atoms with Crippen molar-refractivity contribution < 1.29 is 9.18 Å². The highest BCUT2D eigenvalue weighted by atomic mass is 32.2. The van der Waals surface area contributed by atoms with Crippen LogP contribution in [0.15, 0.2) is 42.4 Å². The van der Waals surface area contributed by atoms with Crippen molar-refractivity contribution in [3.8, 4) is 11.1 Å². The second-order valence-electron chi connectivity index (χ2n) is 10.1. The van der Waals surface area contributed by atoms with E-state index in [-0.39, 0.29) is 11.2 Å². The van der Waals surface area contributed by atoms with E-state index in [4.69, 9.17) is 5.73 Å². The number of allylic oxidation sites excluding steroid dienone is 2. The SMILES string of the molecule is CC(C)=CCCC1(CSNc2ccc(-c3cn(C4CCCC4)c4ncnc(N)c34)cc2F)CC1=O. The first-order chi connectivity index (χ1) is 16.9. The summed E-state index contributed by atoms with van der Waals surface area (Å²) in [6, 6.07) is 5.58. The number of nitrogens with zero attached hydrogens (tertiary/aromatic N) is 3. The number of rotatable bonds is 9. The summed E-state index contributed by atoms with van der Waals surface area (Å²) in [5, 5.41) is 0.777. The van der Waals surface area contributed by atoms with Gasteiger partial charge in [-0.25, -0.2) is 14.4 Å². The highest BCUT2D eigenvalue weighted by molar-refractivity contribution is 8.00. The summed E-state index contributed by atoms with van der Waals surface area (Å²) in [6.07, 6.45) is 12.7. The second kappa shape index (κ2) is 9.64. The van der Waals surface area contributed by atoms with Crippen LogP contribution in [0.1, 0.15) is 64.8 Å². The van der Waals surface area contributed by atoms with Crippen LogP contribution in [0.4, 0.5) is 15.9 Å². The van der Waals surface area contributed by atoms with E-state index in [1.165, 1.54) is 42.8 Å². The number of Topliss-reactive ketones (excluding diaryl/α,β-unsaturated/α-hetero) is 1. The largest absolute Gasteiger partial charge is 0.383 e. The molecule has 0 bridgehead atoms. The molecule has 0 aliphatic heterocycles. The Kier molecular flexibility index (Phi) is 6.57. The third-order valence-electron chi connectivity index (χ3n) is 7.31. The van der Waals surface area contributed by atoms with E-state index in [0.717, 1.165) is 47.8 Å². The van der Waals surface area contributed by atoms with Gasteiger partial charge in [0.2, 0.25) is 0 Å². The molecule has 3 N–H and O–H groups in total. The fourth-order valence-electron chi connectivity index (χ4n) is 5.14. The quantitative estimate of drug-likeness (QED) is 0.255. The summed E-state index contributed by atoms with van der Waals surface area (Å²) < 4.78 is 20.4. The average molecular weight is 494 g/mol. The lowest BCUT2D eigenvalue weighted by Crippen LogP contribution is -2.09. The molecule has 2 aliphatic carbocycles. The molecule has 0 radical (unpaired) electrons. The Morgan fingerprint density at radius 3 is 2.77 bits per heavy atom. The lowest BCUT2D eigenvalue weighted by Gasteiger charge is -2.13. The first-order valence-electron chi connectivity index (χ1n) is 12.3. The van der Waals surface area contributed by atoms with Crippen LogP contribution < -0.4 is 10.5 Å². The van der Waals surface area contributed by atoms with Gasteiger partial charge in [-0.2, -0.15) is 0 Å². The highest BCUT2D eigenvalue weighted by Gasteiger charge is 2.52. The molecule has 8 heteroatoms. The topological polar surface area (TPSA) is 85.8 Å². The molecule has 2 aliphatic rings. The van der Waals surface area contributed by atoms with Crippen LogP contribution >= 0.6 is 11.9 Å². The number of carbonyl (C=O) groups is 1. The number of nitrogen functional groups attached to an aromatic ring is 1. The number of hydrogen-bond acceptors (Lipinski definition) is 6. The molecule has 0 spiro atoms. The molecule has 2 fully saturated rings. The van der Waals surface area contributed by atoms with Crippen LogP contribution in [-0.2, 0) is 4.79 Å². The molecule has 2 aromatic heterocycles. The molecule has 184 valence electrons. The predicted octanol–water partition coefficient (Wildman–Crippen LogP) is 6.70. The number of aromatic nitrogens is 3. The van der Waals surface area contributed by atoms with Gasteiger partial charge in [0.15, 0.2) is 0 Å². The maximum absolute atomic E-state index is 15.1. The number of nitrogens with two attached hydrogens (primary N) is 1. The summed E-state index contributed by atoms with van der Waals surface area (Å²) in [6.45, 7) is 4.13. The molecule has 1 unspecified atom stereocenters.